The second-order valence-electron chi connectivity index (χ2n) is 3.67. The van der Waals surface area contributed by atoms with Gasteiger partial charge in [0.2, 0.25) is 5.78 Å². The number of nitrogens with zero attached hydrogens (tertiary/aromatic N) is 2. The van der Waals surface area contributed by atoms with Crippen molar-refractivity contribution in [2.24, 2.45) is 0 Å². The molecule has 2 aromatic rings. The summed E-state index contributed by atoms with van der Waals surface area (Å²) in [5, 5.41) is 9.34. The van der Waals surface area contributed by atoms with Crippen molar-refractivity contribution in [3.8, 4) is 0 Å². The standard InChI is InChI=1S/C13H9ClN2O3/c14-10-3-1-9(2-4-10)13(19)11(7-12(17)18)16-6-5-15-8-16/h1-8H,(H,17,18). The Bertz CT molecular complexity index is 630. The molecule has 0 fully saturated rings. The zero-order valence-electron chi connectivity index (χ0n) is 9.65. The Labute approximate surface area is 113 Å². The molecule has 0 aliphatic carbocycles. The van der Waals surface area contributed by atoms with E-state index in [4.69, 9.17) is 16.7 Å². The number of carboxylic acids is 1. The zero-order chi connectivity index (χ0) is 13.8. The van der Waals surface area contributed by atoms with Gasteiger partial charge in [0.1, 0.15) is 5.70 Å². The second kappa shape index (κ2) is 5.49. The second-order valence-corrected chi connectivity index (χ2v) is 4.11. The van der Waals surface area contributed by atoms with Crippen molar-refractivity contribution in [1.29, 1.82) is 0 Å². The normalized spacial score (nSPS) is 11.3. The first-order chi connectivity index (χ1) is 9.08. The van der Waals surface area contributed by atoms with Crippen molar-refractivity contribution in [3.63, 3.8) is 0 Å². The Hall–Kier alpha value is -2.40. The highest BCUT2D eigenvalue weighted by molar-refractivity contribution is 6.31. The fourth-order valence-electron chi connectivity index (χ4n) is 1.53. The third-order valence-corrected chi connectivity index (χ3v) is 2.63. The summed E-state index contributed by atoms with van der Waals surface area (Å²) in [5.41, 5.74) is 0.359. The molecule has 1 heterocycles. The lowest BCUT2D eigenvalue weighted by molar-refractivity contribution is -0.131. The maximum atomic E-state index is 12.3. The molecule has 0 radical (unpaired) electrons. The number of allylic oxidation sites excluding steroid dienone is 1. The molecule has 0 spiro atoms. The van der Waals surface area contributed by atoms with E-state index in [0.29, 0.717) is 10.6 Å². The highest BCUT2D eigenvalue weighted by Crippen LogP contribution is 2.16. The van der Waals surface area contributed by atoms with E-state index in [1.165, 1.54) is 35.4 Å². The molecule has 0 saturated carbocycles. The summed E-state index contributed by atoms with van der Waals surface area (Å²) >= 11 is 5.74. The highest BCUT2D eigenvalue weighted by Gasteiger charge is 2.15. The number of carbonyl (C=O) groups is 2. The number of carboxylic acid groups (broad SMARTS) is 1. The predicted octanol–water partition coefficient (Wildman–Crippen LogP) is 2.34. The SMILES string of the molecule is O=C(O)C=C(C(=O)c1ccc(Cl)cc1)n1ccnc1. The van der Waals surface area contributed by atoms with Gasteiger partial charge in [-0.25, -0.2) is 9.78 Å². The monoisotopic (exact) mass is 276 g/mol. The Morgan fingerprint density at radius 1 is 1.26 bits per heavy atom. The molecule has 96 valence electrons. The van der Waals surface area contributed by atoms with Crippen LogP contribution in [0.4, 0.5) is 0 Å². The van der Waals surface area contributed by atoms with Gasteiger partial charge in [0.25, 0.3) is 0 Å². The number of carbonyl (C=O) groups excluding carboxylic acids is 1. The van der Waals surface area contributed by atoms with Crippen molar-refractivity contribution >= 4 is 29.1 Å². The molecule has 19 heavy (non-hydrogen) atoms. The molecule has 0 aliphatic heterocycles. The molecule has 1 aromatic carbocycles. The van der Waals surface area contributed by atoms with Crippen LogP contribution in [0.3, 0.4) is 0 Å². The van der Waals surface area contributed by atoms with Crippen LogP contribution >= 0.6 is 11.6 Å². The fourth-order valence-corrected chi connectivity index (χ4v) is 1.65. The summed E-state index contributed by atoms with van der Waals surface area (Å²) in [6, 6.07) is 6.22. The van der Waals surface area contributed by atoms with Crippen molar-refractivity contribution in [2.75, 3.05) is 0 Å². The first-order valence-corrected chi connectivity index (χ1v) is 5.69. The lowest BCUT2D eigenvalue weighted by Crippen LogP contribution is -2.10. The molecule has 0 unspecified atom stereocenters. The van der Waals surface area contributed by atoms with E-state index in [0.717, 1.165) is 6.08 Å². The van der Waals surface area contributed by atoms with Gasteiger partial charge in [-0.3, -0.25) is 4.79 Å². The van der Waals surface area contributed by atoms with Gasteiger partial charge in [0.15, 0.2) is 0 Å². The van der Waals surface area contributed by atoms with Crippen LogP contribution in [0.1, 0.15) is 10.4 Å². The molecule has 0 saturated heterocycles. The van der Waals surface area contributed by atoms with Gasteiger partial charge in [-0.15, -0.1) is 0 Å². The van der Waals surface area contributed by atoms with E-state index < -0.39 is 11.8 Å². The topological polar surface area (TPSA) is 72.2 Å². The number of hydrogen-bond donors (Lipinski definition) is 1. The Morgan fingerprint density at radius 2 is 1.95 bits per heavy atom. The van der Waals surface area contributed by atoms with Crippen LogP contribution in [-0.4, -0.2) is 26.4 Å². The number of ketones is 1. The summed E-state index contributed by atoms with van der Waals surface area (Å²) in [6.45, 7) is 0. The number of hydrogen-bond acceptors (Lipinski definition) is 3. The molecular formula is C13H9ClN2O3. The summed E-state index contributed by atoms with van der Waals surface area (Å²) in [4.78, 5) is 26.9. The summed E-state index contributed by atoms with van der Waals surface area (Å²) in [7, 11) is 0. The molecular weight excluding hydrogens is 268 g/mol. The van der Waals surface area contributed by atoms with Crippen LogP contribution < -0.4 is 0 Å². The minimum atomic E-state index is -1.20. The molecule has 1 aromatic heterocycles. The molecule has 5 nitrogen and oxygen atoms in total. The summed E-state index contributed by atoms with van der Waals surface area (Å²) in [5.74, 6) is -1.62. The van der Waals surface area contributed by atoms with Crippen LogP contribution in [0.2, 0.25) is 5.02 Å². The summed E-state index contributed by atoms with van der Waals surface area (Å²) < 4.78 is 1.35. The number of Topliss-reactive ketones (excluding diaryl/α,β-unsaturated/α-hetero) is 1. The number of aromatic nitrogens is 2. The maximum Gasteiger partial charge on any atom is 0.330 e. The van der Waals surface area contributed by atoms with E-state index in [9.17, 15) is 9.59 Å². The first kappa shape index (κ1) is 13.0. The van der Waals surface area contributed by atoms with Crippen molar-refractivity contribution in [2.45, 2.75) is 0 Å². The van der Waals surface area contributed by atoms with Crippen LogP contribution in [0, 0.1) is 0 Å². The van der Waals surface area contributed by atoms with Gasteiger partial charge >= 0.3 is 5.97 Å². The van der Waals surface area contributed by atoms with Gasteiger partial charge in [-0.05, 0) is 24.3 Å². The number of halogens is 1. The number of aliphatic carboxylic acids is 1. The van der Waals surface area contributed by atoms with Gasteiger partial charge in [0.05, 0.1) is 12.4 Å². The van der Waals surface area contributed by atoms with Crippen LogP contribution in [0.5, 0.6) is 0 Å². The largest absolute Gasteiger partial charge is 0.478 e. The lowest BCUT2D eigenvalue weighted by atomic mass is 10.1. The third-order valence-electron chi connectivity index (χ3n) is 2.38. The molecule has 2 rings (SSSR count). The molecule has 1 N–H and O–H groups in total. The molecule has 0 amide bonds. The van der Waals surface area contributed by atoms with Gasteiger partial charge in [-0.1, -0.05) is 11.6 Å². The Balaban J connectivity index is 2.42. The van der Waals surface area contributed by atoms with Gasteiger partial charge in [-0.2, -0.15) is 0 Å². The minimum absolute atomic E-state index is 0.00678. The Kier molecular flexibility index (Phi) is 3.77. The molecule has 6 heteroatoms. The average molecular weight is 277 g/mol. The highest BCUT2D eigenvalue weighted by atomic mass is 35.5. The first-order valence-electron chi connectivity index (χ1n) is 5.31. The quantitative estimate of drug-likeness (QED) is 0.687. The maximum absolute atomic E-state index is 12.3. The van der Waals surface area contributed by atoms with Crippen molar-refractivity contribution < 1.29 is 14.7 Å². The van der Waals surface area contributed by atoms with Gasteiger partial charge < -0.3 is 9.67 Å². The minimum Gasteiger partial charge on any atom is -0.478 e. The van der Waals surface area contributed by atoms with E-state index >= 15 is 0 Å². The van der Waals surface area contributed by atoms with E-state index in [1.54, 1.807) is 12.1 Å². The van der Waals surface area contributed by atoms with Crippen molar-refractivity contribution in [1.82, 2.24) is 9.55 Å². The lowest BCUT2D eigenvalue weighted by Gasteiger charge is -2.06. The van der Waals surface area contributed by atoms with Crippen molar-refractivity contribution in [3.05, 3.63) is 59.6 Å². The number of rotatable bonds is 4. The van der Waals surface area contributed by atoms with E-state index in [1.807, 2.05) is 0 Å². The average Bonchev–Trinajstić information content (AvgIpc) is 2.89. The predicted molar refractivity (Wildman–Crippen MR) is 69.9 cm³/mol. The van der Waals surface area contributed by atoms with E-state index in [-0.39, 0.29) is 5.70 Å². The van der Waals surface area contributed by atoms with Gasteiger partial charge in [0, 0.05) is 23.0 Å². The van der Waals surface area contributed by atoms with Crippen LogP contribution in [0.25, 0.3) is 5.70 Å². The summed E-state index contributed by atoms with van der Waals surface area (Å²) in [6.07, 6.45) is 5.18. The van der Waals surface area contributed by atoms with E-state index in [2.05, 4.69) is 4.98 Å². The Morgan fingerprint density at radius 3 is 2.47 bits per heavy atom. The van der Waals surface area contributed by atoms with Crippen LogP contribution in [0.15, 0.2) is 49.1 Å². The molecule has 0 bridgehead atoms. The number of benzene rings is 1. The fraction of sp³-hybridized carbons (Fsp3) is 0. The third kappa shape index (κ3) is 3.08. The smallest absolute Gasteiger partial charge is 0.330 e. The zero-order valence-corrected chi connectivity index (χ0v) is 10.4. The van der Waals surface area contributed by atoms with Crippen LogP contribution in [-0.2, 0) is 4.79 Å². The molecule has 0 atom stereocenters. The number of imidazole rings is 1. The molecule has 0 aliphatic rings.